The zero-order valence-electron chi connectivity index (χ0n) is 7.50. The minimum Gasteiger partial charge on any atom is -0.491 e. The second-order valence-electron chi connectivity index (χ2n) is 2.79. The molecular formula is C9H11NO4. The largest absolute Gasteiger partial charge is 0.491 e. The molecule has 0 saturated heterocycles. The third-order valence-electron chi connectivity index (χ3n) is 1.55. The zero-order valence-corrected chi connectivity index (χ0v) is 7.50. The lowest BCUT2D eigenvalue weighted by atomic mass is 10.3. The monoisotopic (exact) mass is 197 g/mol. The summed E-state index contributed by atoms with van der Waals surface area (Å²) < 4.78 is 5.11. The number of aliphatic hydroxyl groups excluding tert-OH is 1. The second-order valence-corrected chi connectivity index (χ2v) is 2.79. The highest BCUT2D eigenvalue weighted by Crippen LogP contribution is 2.08. The SMILES string of the molecule is O=[N+]([O-])CC(O)COc1ccccc1. The molecule has 0 aliphatic heterocycles. The Balaban J connectivity index is 2.30. The molecule has 1 unspecified atom stereocenters. The Bertz CT molecular complexity index is 288. The molecule has 0 saturated carbocycles. The maximum atomic E-state index is 10.0. The van der Waals surface area contributed by atoms with Gasteiger partial charge in [-0.05, 0) is 12.1 Å². The fraction of sp³-hybridized carbons (Fsp3) is 0.333. The van der Waals surface area contributed by atoms with Gasteiger partial charge in [0, 0.05) is 4.92 Å². The van der Waals surface area contributed by atoms with Crippen molar-refractivity contribution in [2.45, 2.75) is 6.10 Å². The normalized spacial score (nSPS) is 12.1. The van der Waals surface area contributed by atoms with Crippen molar-refractivity contribution in [1.29, 1.82) is 0 Å². The molecule has 14 heavy (non-hydrogen) atoms. The smallest absolute Gasteiger partial charge is 0.232 e. The number of ether oxygens (including phenoxy) is 1. The van der Waals surface area contributed by atoms with Gasteiger partial charge in [-0.15, -0.1) is 0 Å². The van der Waals surface area contributed by atoms with Crippen molar-refractivity contribution in [3.63, 3.8) is 0 Å². The van der Waals surface area contributed by atoms with Crippen LogP contribution in [0.15, 0.2) is 30.3 Å². The lowest BCUT2D eigenvalue weighted by molar-refractivity contribution is -0.490. The summed E-state index contributed by atoms with van der Waals surface area (Å²) in [4.78, 5) is 9.44. The quantitative estimate of drug-likeness (QED) is 0.557. The molecule has 0 amide bonds. The van der Waals surface area contributed by atoms with Crippen LogP contribution < -0.4 is 4.74 Å². The van der Waals surface area contributed by atoms with Crippen LogP contribution in [0.25, 0.3) is 0 Å². The Kier molecular flexibility index (Phi) is 3.87. The molecule has 0 heterocycles. The molecule has 1 N–H and O–H groups in total. The van der Waals surface area contributed by atoms with E-state index < -0.39 is 17.6 Å². The maximum absolute atomic E-state index is 10.0. The first-order valence-corrected chi connectivity index (χ1v) is 4.16. The molecule has 0 fully saturated rings. The third-order valence-corrected chi connectivity index (χ3v) is 1.55. The summed E-state index contributed by atoms with van der Waals surface area (Å²) in [6, 6.07) is 8.85. The van der Waals surface area contributed by atoms with Gasteiger partial charge in [0.2, 0.25) is 6.54 Å². The van der Waals surface area contributed by atoms with Crippen LogP contribution in [0.2, 0.25) is 0 Å². The molecule has 0 aromatic heterocycles. The van der Waals surface area contributed by atoms with Gasteiger partial charge in [-0.2, -0.15) is 0 Å². The molecular weight excluding hydrogens is 186 g/mol. The Morgan fingerprint density at radius 1 is 1.43 bits per heavy atom. The first-order valence-electron chi connectivity index (χ1n) is 4.16. The minimum absolute atomic E-state index is 0.0645. The van der Waals surface area contributed by atoms with Crippen molar-refractivity contribution < 1.29 is 14.8 Å². The summed E-state index contributed by atoms with van der Waals surface area (Å²) in [5, 5.41) is 19.1. The van der Waals surface area contributed by atoms with E-state index in [1.54, 1.807) is 24.3 Å². The molecule has 76 valence electrons. The van der Waals surface area contributed by atoms with Gasteiger partial charge in [-0.25, -0.2) is 0 Å². The van der Waals surface area contributed by atoms with E-state index in [2.05, 4.69) is 0 Å². The van der Waals surface area contributed by atoms with Crippen molar-refractivity contribution in [1.82, 2.24) is 0 Å². The van der Waals surface area contributed by atoms with Crippen molar-refractivity contribution in [2.24, 2.45) is 0 Å². The van der Waals surface area contributed by atoms with Crippen molar-refractivity contribution in [2.75, 3.05) is 13.2 Å². The van der Waals surface area contributed by atoms with E-state index in [1.807, 2.05) is 6.07 Å². The molecule has 0 bridgehead atoms. The fourth-order valence-electron chi connectivity index (χ4n) is 0.934. The van der Waals surface area contributed by atoms with Gasteiger partial charge in [-0.3, -0.25) is 10.1 Å². The van der Waals surface area contributed by atoms with Gasteiger partial charge < -0.3 is 9.84 Å². The molecule has 0 aliphatic carbocycles. The Labute approximate surface area is 81.1 Å². The van der Waals surface area contributed by atoms with Crippen LogP contribution in [0.5, 0.6) is 5.75 Å². The number of para-hydroxylation sites is 1. The van der Waals surface area contributed by atoms with Crippen molar-refractivity contribution >= 4 is 0 Å². The Hall–Kier alpha value is -1.62. The fourth-order valence-corrected chi connectivity index (χ4v) is 0.934. The average Bonchev–Trinajstić information content (AvgIpc) is 2.15. The lowest BCUT2D eigenvalue weighted by Crippen LogP contribution is -2.26. The van der Waals surface area contributed by atoms with Crippen LogP contribution in [0.1, 0.15) is 0 Å². The highest BCUT2D eigenvalue weighted by atomic mass is 16.6. The second kappa shape index (κ2) is 5.18. The number of nitro groups is 1. The molecule has 0 aliphatic rings. The van der Waals surface area contributed by atoms with E-state index >= 15 is 0 Å². The van der Waals surface area contributed by atoms with E-state index in [9.17, 15) is 10.1 Å². The highest BCUT2D eigenvalue weighted by molar-refractivity contribution is 5.20. The van der Waals surface area contributed by atoms with Crippen LogP contribution in [0.4, 0.5) is 0 Å². The maximum Gasteiger partial charge on any atom is 0.232 e. The van der Waals surface area contributed by atoms with Crippen LogP contribution in [0, 0.1) is 10.1 Å². The topological polar surface area (TPSA) is 72.6 Å². The zero-order chi connectivity index (χ0) is 10.4. The van der Waals surface area contributed by atoms with E-state index in [4.69, 9.17) is 9.84 Å². The van der Waals surface area contributed by atoms with Gasteiger partial charge in [-0.1, -0.05) is 18.2 Å². The van der Waals surface area contributed by atoms with Gasteiger partial charge in [0.05, 0.1) is 0 Å². The molecule has 0 radical (unpaired) electrons. The summed E-state index contributed by atoms with van der Waals surface area (Å²) in [5.41, 5.74) is 0. The lowest BCUT2D eigenvalue weighted by Gasteiger charge is -2.08. The molecule has 1 aromatic rings. The number of aliphatic hydroxyl groups is 1. The summed E-state index contributed by atoms with van der Waals surface area (Å²) in [6.07, 6.45) is -1.06. The molecule has 5 nitrogen and oxygen atoms in total. The van der Waals surface area contributed by atoms with Crippen LogP contribution in [0.3, 0.4) is 0 Å². The summed E-state index contributed by atoms with van der Waals surface area (Å²) in [6.45, 7) is -0.558. The number of nitrogens with zero attached hydrogens (tertiary/aromatic N) is 1. The van der Waals surface area contributed by atoms with Crippen LogP contribution >= 0.6 is 0 Å². The van der Waals surface area contributed by atoms with Gasteiger partial charge in [0.1, 0.15) is 12.4 Å². The van der Waals surface area contributed by atoms with Crippen molar-refractivity contribution in [3.05, 3.63) is 40.4 Å². The average molecular weight is 197 g/mol. The molecule has 5 heteroatoms. The summed E-state index contributed by atoms with van der Waals surface area (Å²) in [5.74, 6) is 0.592. The number of benzene rings is 1. The standard InChI is InChI=1S/C9H11NO4/c11-8(6-10(12)13)7-14-9-4-2-1-3-5-9/h1-5,8,11H,6-7H2. The van der Waals surface area contributed by atoms with Gasteiger partial charge in [0.25, 0.3) is 0 Å². The highest BCUT2D eigenvalue weighted by Gasteiger charge is 2.11. The molecule has 1 aromatic carbocycles. The van der Waals surface area contributed by atoms with Crippen LogP contribution in [-0.2, 0) is 0 Å². The van der Waals surface area contributed by atoms with E-state index in [0.717, 1.165) is 0 Å². The predicted octanol–water partition coefficient (Wildman–Crippen LogP) is 0.703. The minimum atomic E-state index is -1.06. The Morgan fingerprint density at radius 2 is 2.07 bits per heavy atom. The first kappa shape index (κ1) is 10.5. The first-order chi connectivity index (χ1) is 6.68. The molecule has 1 rings (SSSR count). The third kappa shape index (κ3) is 3.86. The molecule has 1 atom stereocenters. The van der Waals surface area contributed by atoms with Crippen LogP contribution in [-0.4, -0.2) is 29.3 Å². The van der Waals surface area contributed by atoms with E-state index in [1.165, 1.54) is 0 Å². The summed E-state index contributed by atoms with van der Waals surface area (Å²) in [7, 11) is 0. The van der Waals surface area contributed by atoms with E-state index in [0.29, 0.717) is 5.75 Å². The Morgan fingerprint density at radius 3 is 2.64 bits per heavy atom. The summed E-state index contributed by atoms with van der Waals surface area (Å²) >= 11 is 0. The number of hydrogen-bond donors (Lipinski definition) is 1. The number of rotatable bonds is 5. The van der Waals surface area contributed by atoms with Gasteiger partial charge >= 0.3 is 0 Å². The predicted molar refractivity (Wildman–Crippen MR) is 49.8 cm³/mol. The van der Waals surface area contributed by atoms with Gasteiger partial charge in [0.15, 0.2) is 6.10 Å². The molecule has 0 spiro atoms. The van der Waals surface area contributed by atoms with E-state index in [-0.39, 0.29) is 6.61 Å². The van der Waals surface area contributed by atoms with Crippen molar-refractivity contribution in [3.8, 4) is 5.75 Å². The number of hydrogen-bond acceptors (Lipinski definition) is 4.